The number of pyridine rings is 1. The maximum absolute atomic E-state index is 13.4. The summed E-state index contributed by atoms with van der Waals surface area (Å²) in [4.78, 5) is 29.3. The summed E-state index contributed by atoms with van der Waals surface area (Å²) in [5, 5.41) is 9.39. The van der Waals surface area contributed by atoms with E-state index < -0.39 is 52.6 Å². The molecule has 0 aliphatic heterocycles. The lowest BCUT2D eigenvalue weighted by atomic mass is 9.91. The van der Waals surface area contributed by atoms with Crippen molar-refractivity contribution in [1.82, 2.24) is 9.97 Å². The highest BCUT2D eigenvalue weighted by molar-refractivity contribution is 6.07. The second kappa shape index (κ2) is 6.97. The van der Waals surface area contributed by atoms with E-state index in [0.717, 1.165) is 7.11 Å². The number of methoxy groups -OCH3 is 1. The number of nitrogens with zero attached hydrogens (tertiary/aromatic N) is 1. The summed E-state index contributed by atoms with van der Waals surface area (Å²) in [6.45, 7) is 2.92. The summed E-state index contributed by atoms with van der Waals surface area (Å²) in [5.74, 6) is -3.50. The van der Waals surface area contributed by atoms with Crippen LogP contribution in [-0.2, 0) is 10.9 Å². The van der Waals surface area contributed by atoms with E-state index in [9.17, 15) is 36.6 Å². The minimum atomic E-state index is -5.35. The zero-order valence-electron chi connectivity index (χ0n) is 14.2. The summed E-state index contributed by atoms with van der Waals surface area (Å²) in [6.07, 6.45) is -8.93. The van der Waals surface area contributed by atoms with E-state index in [1.165, 1.54) is 19.9 Å². The molecule has 2 aromatic heterocycles. The molecule has 6 nitrogen and oxygen atoms in total. The second-order valence-corrected chi connectivity index (χ2v) is 5.56. The van der Waals surface area contributed by atoms with Gasteiger partial charge in [0.25, 0.3) is 6.43 Å². The molecule has 0 fully saturated rings. The molecule has 0 bridgehead atoms. The number of aromatic amines is 1. The van der Waals surface area contributed by atoms with Crippen LogP contribution in [0.2, 0.25) is 0 Å². The van der Waals surface area contributed by atoms with Crippen molar-refractivity contribution in [2.45, 2.75) is 26.4 Å². The number of esters is 1. The van der Waals surface area contributed by atoms with Gasteiger partial charge in [-0.25, -0.2) is 23.4 Å². The van der Waals surface area contributed by atoms with Crippen molar-refractivity contribution in [1.29, 1.82) is 0 Å². The van der Waals surface area contributed by atoms with Crippen LogP contribution in [0.3, 0.4) is 0 Å². The fraction of sp³-hybridized carbons (Fsp3) is 0.312. The Balaban J connectivity index is 3.16. The number of carboxylic acids is 1. The number of rotatable bonds is 4. The first-order valence-electron chi connectivity index (χ1n) is 7.31. The van der Waals surface area contributed by atoms with Gasteiger partial charge in [-0.15, -0.1) is 0 Å². The zero-order valence-corrected chi connectivity index (χ0v) is 14.2. The van der Waals surface area contributed by atoms with Gasteiger partial charge in [0.05, 0.1) is 18.2 Å². The Morgan fingerprint density at radius 3 is 2.19 bits per heavy atom. The largest absolute Gasteiger partial charge is 0.478 e. The Labute approximate surface area is 149 Å². The maximum atomic E-state index is 13.4. The fourth-order valence-corrected chi connectivity index (χ4v) is 2.74. The van der Waals surface area contributed by atoms with Crippen molar-refractivity contribution < 1.29 is 41.4 Å². The van der Waals surface area contributed by atoms with Crippen LogP contribution in [0.4, 0.5) is 22.0 Å². The van der Waals surface area contributed by atoms with Crippen LogP contribution < -0.4 is 0 Å². The average molecular weight is 392 g/mol. The van der Waals surface area contributed by atoms with Gasteiger partial charge in [0.1, 0.15) is 5.69 Å². The molecule has 11 heteroatoms. The van der Waals surface area contributed by atoms with Crippen LogP contribution in [0.1, 0.15) is 49.9 Å². The fourth-order valence-electron chi connectivity index (χ4n) is 2.74. The van der Waals surface area contributed by atoms with E-state index in [0.29, 0.717) is 5.69 Å². The van der Waals surface area contributed by atoms with Crippen molar-refractivity contribution in [2.24, 2.45) is 0 Å². The van der Waals surface area contributed by atoms with Crippen LogP contribution in [0.5, 0.6) is 0 Å². The molecule has 0 spiro atoms. The number of ether oxygens (including phenoxy) is 1. The number of carbonyl (C=O) groups is 2. The molecule has 2 rings (SSSR count). The number of aromatic nitrogens is 2. The molecule has 0 amide bonds. The Hall–Kier alpha value is -2.98. The van der Waals surface area contributed by atoms with E-state index in [2.05, 4.69) is 14.7 Å². The quantitative estimate of drug-likeness (QED) is 0.603. The number of aromatic carboxylic acids is 1. The van der Waals surface area contributed by atoms with Crippen LogP contribution in [0.15, 0.2) is 6.07 Å². The highest BCUT2D eigenvalue weighted by Gasteiger charge is 2.43. The molecule has 0 saturated heterocycles. The van der Waals surface area contributed by atoms with Gasteiger partial charge in [0, 0.05) is 22.5 Å². The molecule has 0 radical (unpaired) electrons. The third kappa shape index (κ3) is 3.62. The molecule has 0 unspecified atom stereocenters. The monoisotopic (exact) mass is 392 g/mol. The van der Waals surface area contributed by atoms with Gasteiger partial charge < -0.3 is 14.8 Å². The summed E-state index contributed by atoms with van der Waals surface area (Å²) in [5.41, 5.74) is -6.35. The number of hydrogen-bond acceptors (Lipinski definition) is 4. The number of aryl methyl sites for hydroxylation is 2. The van der Waals surface area contributed by atoms with Gasteiger partial charge >= 0.3 is 18.1 Å². The molecule has 0 aliphatic rings. The smallest absolute Gasteiger partial charge is 0.434 e. The third-order valence-corrected chi connectivity index (χ3v) is 3.72. The molecule has 0 atom stereocenters. The summed E-state index contributed by atoms with van der Waals surface area (Å²) in [7, 11) is 0.828. The van der Waals surface area contributed by atoms with E-state index in [4.69, 9.17) is 0 Å². The van der Waals surface area contributed by atoms with E-state index >= 15 is 0 Å². The van der Waals surface area contributed by atoms with Gasteiger partial charge in [-0.3, -0.25) is 0 Å². The Kier molecular flexibility index (Phi) is 5.25. The zero-order chi connectivity index (χ0) is 20.7. The van der Waals surface area contributed by atoms with Crippen molar-refractivity contribution in [3.63, 3.8) is 0 Å². The van der Waals surface area contributed by atoms with Gasteiger partial charge in [0.15, 0.2) is 5.69 Å². The molecule has 2 aromatic rings. The van der Waals surface area contributed by atoms with Crippen LogP contribution >= 0.6 is 0 Å². The first-order chi connectivity index (χ1) is 12.4. The first-order valence-corrected chi connectivity index (χ1v) is 7.31. The molecule has 2 heterocycles. The Morgan fingerprint density at radius 2 is 1.81 bits per heavy atom. The summed E-state index contributed by atoms with van der Waals surface area (Å²) >= 11 is 0. The highest BCUT2D eigenvalue weighted by atomic mass is 19.4. The van der Waals surface area contributed by atoms with Gasteiger partial charge in [-0.1, -0.05) is 0 Å². The molecule has 0 aliphatic carbocycles. The normalized spacial score (nSPS) is 11.7. The molecule has 0 aromatic carbocycles. The lowest BCUT2D eigenvalue weighted by Gasteiger charge is -2.19. The van der Waals surface area contributed by atoms with E-state index in [-0.39, 0.29) is 11.3 Å². The molecule has 2 N–H and O–H groups in total. The number of carboxylic acid groups (broad SMARTS) is 1. The SMILES string of the molecule is COC(=O)c1c(C(F)F)nc(C(F)(F)F)c(C(=O)O)c1-c1cc(C)[nH]c1C. The topological polar surface area (TPSA) is 92.3 Å². The lowest BCUT2D eigenvalue weighted by molar-refractivity contribution is -0.142. The minimum Gasteiger partial charge on any atom is -0.478 e. The van der Waals surface area contributed by atoms with Crippen molar-refractivity contribution in [2.75, 3.05) is 7.11 Å². The van der Waals surface area contributed by atoms with Crippen molar-refractivity contribution >= 4 is 11.9 Å². The van der Waals surface area contributed by atoms with Gasteiger partial charge in [-0.2, -0.15) is 13.2 Å². The molecular weight excluding hydrogens is 379 g/mol. The summed E-state index contributed by atoms with van der Waals surface area (Å²) in [6, 6.07) is 1.25. The Morgan fingerprint density at radius 1 is 1.22 bits per heavy atom. The second-order valence-electron chi connectivity index (χ2n) is 5.56. The van der Waals surface area contributed by atoms with E-state index in [1.807, 2.05) is 0 Å². The average Bonchev–Trinajstić information content (AvgIpc) is 2.88. The minimum absolute atomic E-state index is 0.153. The number of carbonyl (C=O) groups excluding carboxylic acids is 1. The maximum Gasteiger partial charge on any atom is 0.434 e. The van der Waals surface area contributed by atoms with E-state index in [1.54, 1.807) is 0 Å². The van der Waals surface area contributed by atoms with Crippen molar-refractivity contribution in [3.8, 4) is 11.1 Å². The van der Waals surface area contributed by atoms with Crippen molar-refractivity contribution in [3.05, 3.63) is 40.0 Å². The van der Waals surface area contributed by atoms with Crippen LogP contribution in [0, 0.1) is 13.8 Å². The number of halogens is 5. The summed E-state index contributed by atoms with van der Waals surface area (Å²) < 4.78 is 71.4. The standard InChI is InChI=1S/C16H13F5N2O4/c1-5-4-7(6(2)22-5)8-9(15(26)27-3)11(13(17)18)23-12(16(19,20)21)10(8)14(24)25/h4,13,22H,1-3H3,(H,24,25). The number of hydrogen-bond donors (Lipinski definition) is 2. The third-order valence-electron chi connectivity index (χ3n) is 3.72. The highest BCUT2D eigenvalue weighted by Crippen LogP contribution is 2.42. The van der Waals surface area contributed by atoms with Crippen LogP contribution in [-0.4, -0.2) is 34.1 Å². The lowest BCUT2D eigenvalue weighted by Crippen LogP contribution is -2.22. The molecule has 27 heavy (non-hydrogen) atoms. The number of nitrogens with one attached hydrogen (secondary N) is 1. The van der Waals surface area contributed by atoms with Gasteiger partial charge in [0.2, 0.25) is 0 Å². The first kappa shape index (κ1) is 20.3. The molecule has 0 saturated carbocycles. The Bertz CT molecular complexity index is 919. The number of H-pyrrole nitrogens is 1. The predicted molar refractivity (Wildman–Crippen MR) is 81.8 cm³/mol. The molecular formula is C16H13F5N2O4. The van der Waals surface area contributed by atoms with Gasteiger partial charge in [-0.05, 0) is 19.9 Å². The molecule has 146 valence electrons. The predicted octanol–water partition coefficient (Wildman–Crippen LogP) is 4.13. The van der Waals surface area contributed by atoms with Crippen LogP contribution in [0.25, 0.3) is 11.1 Å². The number of alkyl halides is 5.